The van der Waals surface area contributed by atoms with Gasteiger partial charge in [-0.3, -0.25) is 19.3 Å². The lowest BCUT2D eigenvalue weighted by Crippen LogP contribution is -2.77. The number of para-hydroxylation sites is 1. The van der Waals surface area contributed by atoms with Crippen molar-refractivity contribution in [2.24, 2.45) is 0 Å². The topological polar surface area (TPSA) is 63.7 Å². The van der Waals surface area contributed by atoms with Crippen LogP contribution >= 0.6 is 11.8 Å². The van der Waals surface area contributed by atoms with Crippen molar-refractivity contribution >= 4 is 29.2 Å². The number of carbonyl (C=O) groups excluding carboxylic acids is 3. The molecule has 5 nitrogen and oxygen atoms in total. The van der Waals surface area contributed by atoms with Crippen LogP contribution in [-0.4, -0.2) is 39.1 Å². The van der Waals surface area contributed by atoms with Gasteiger partial charge in [0.05, 0.1) is 0 Å². The molecule has 2 aliphatic rings. The van der Waals surface area contributed by atoms with E-state index in [1.807, 2.05) is 24.3 Å². The van der Waals surface area contributed by atoms with Crippen LogP contribution in [0.5, 0.6) is 5.75 Å². The first kappa shape index (κ1) is 17.5. The predicted molar refractivity (Wildman–Crippen MR) is 102 cm³/mol. The van der Waals surface area contributed by atoms with Crippen LogP contribution in [0.4, 0.5) is 0 Å². The molecule has 0 aromatic heterocycles. The Morgan fingerprint density at radius 2 is 1.70 bits per heavy atom. The normalized spacial score (nSPS) is 23.7. The second-order valence-electron chi connectivity index (χ2n) is 6.41. The predicted octanol–water partition coefficient (Wildman–Crippen LogP) is 3.08. The Morgan fingerprint density at radius 3 is 2.33 bits per heavy atom. The number of carbonyl (C=O) groups is 3. The van der Waals surface area contributed by atoms with E-state index in [0.717, 1.165) is 0 Å². The maximum absolute atomic E-state index is 13.4. The molecule has 1 fully saturated rings. The number of fused-ring (bicyclic) bond motifs is 1. The monoisotopic (exact) mass is 379 g/mol. The quantitative estimate of drug-likeness (QED) is 0.590. The van der Waals surface area contributed by atoms with E-state index in [2.05, 4.69) is 0 Å². The number of thioether (sulfide) groups is 1. The van der Waals surface area contributed by atoms with E-state index >= 15 is 0 Å². The summed E-state index contributed by atoms with van der Waals surface area (Å²) in [4.78, 5) is 38.1. The van der Waals surface area contributed by atoms with Crippen molar-refractivity contribution in [1.29, 1.82) is 0 Å². The Balaban J connectivity index is 1.75. The largest absolute Gasteiger partial charge is 0.477 e. The van der Waals surface area contributed by atoms with Gasteiger partial charge in [-0.2, -0.15) is 0 Å². The zero-order valence-electron chi connectivity index (χ0n) is 14.6. The third-order valence-corrected chi connectivity index (χ3v) is 6.21. The minimum Gasteiger partial charge on any atom is -0.477 e. The molecule has 4 rings (SSSR count). The Kier molecular flexibility index (Phi) is 4.36. The number of Topliss-reactive ketones (excluding diaryl/α,β-unsaturated/α-hetero) is 2. The number of hydrogen-bond acceptors (Lipinski definition) is 5. The molecule has 0 bridgehead atoms. The third kappa shape index (κ3) is 2.77. The molecule has 2 heterocycles. The van der Waals surface area contributed by atoms with Gasteiger partial charge in [0, 0.05) is 23.1 Å². The summed E-state index contributed by atoms with van der Waals surface area (Å²) in [5.74, 6) is 0.245. The highest BCUT2D eigenvalue weighted by Gasteiger charge is 2.68. The third-order valence-electron chi connectivity index (χ3n) is 4.72. The summed E-state index contributed by atoms with van der Waals surface area (Å²) in [6.45, 7) is 1.46. The summed E-state index contributed by atoms with van der Waals surface area (Å²) >= 11 is 1.27. The number of ketones is 2. The molecule has 0 N–H and O–H groups in total. The summed E-state index contributed by atoms with van der Waals surface area (Å²) in [6.07, 6.45) is 0.565. The highest BCUT2D eigenvalue weighted by Crippen LogP contribution is 2.50. The number of ether oxygens (including phenoxy) is 1. The molecular weight excluding hydrogens is 362 g/mol. The van der Waals surface area contributed by atoms with Crippen LogP contribution in [0.3, 0.4) is 0 Å². The molecule has 0 spiro atoms. The van der Waals surface area contributed by atoms with E-state index in [0.29, 0.717) is 22.6 Å². The summed E-state index contributed by atoms with van der Waals surface area (Å²) in [5.41, 5.74) is 1.02. The fourth-order valence-electron chi connectivity index (χ4n) is 3.25. The van der Waals surface area contributed by atoms with Crippen molar-refractivity contribution in [2.75, 3.05) is 5.75 Å². The van der Waals surface area contributed by atoms with Gasteiger partial charge in [-0.15, -0.1) is 11.8 Å². The molecule has 1 saturated heterocycles. The lowest BCUT2D eigenvalue weighted by molar-refractivity contribution is -0.157. The fourth-order valence-corrected chi connectivity index (χ4v) is 4.74. The van der Waals surface area contributed by atoms with E-state index in [9.17, 15) is 14.4 Å². The second kappa shape index (κ2) is 6.70. The molecule has 2 aliphatic heterocycles. The van der Waals surface area contributed by atoms with Gasteiger partial charge in [0.2, 0.25) is 16.8 Å². The molecule has 6 heteroatoms. The van der Waals surface area contributed by atoms with Crippen LogP contribution in [0.1, 0.15) is 17.3 Å². The van der Waals surface area contributed by atoms with Crippen molar-refractivity contribution in [3.63, 3.8) is 0 Å². The average molecular weight is 379 g/mol. The van der Waals surface area contributed by atoms with Crippen molar-refractivity contribution < 1.29 is 19.1 Å². The van der Waals surface area contributed by atoms with E-state index in [4.69, 9.17) is 4.74 Å². The SMILES string of the molecule is CC(=O)C1=CN2C(=O)C(Oc3ccccc3)C2(C(=O)c2ccccc2)SC1. The second-order valence-corrected chi connectivity index (χ2v) is 7.61. The Bertz CT molecular complexity index is 941. The molecule has 2 atom stereocenters. The lowest BCUT2D eigenvalue weighted by Gasteiger charge is -2.55. The van der Waals surface area contributed by atoms with Gasteiger partial charge in [0.25, 0.3) is 5.91 Å². The molecular formula is C21H17NO4S. The molecule has 0 aliphatic carbocycles. The van der Waals surface area contributed by atoms with Gasteiger partial charge >= 0.3 is 0 Å². The van der Waals surface area contributed by atoms with Crippen LogP contribution < -0.4 is 4.74 Å². The van der Waals surface area contributed by atoms with E-state index in [1.54, 1.807) is 36.4 Å². The Labute approximate surface area is 161 Å². The molecule has 2 unspecified atom stereocenters. The van der Waals surface area contributed by atoms with Gasteiger partial charge < -0.3 is 4.74 Å². The Morgan fingerprint density at radius 1 is 1.07 bits per heavy atom. The van der Waals surface area contributed by atoms with Gasteiger partial charge in [0.15, 0.2) is 5.78 Å². The summed E-state index contributed by atoms with van der Waals surface area (Å²) < 4.78 is 5.93. The molecule has 136 valence electrons. The van der Waals surface area contributed by atoms with Crippen LogP contribution in [-0.2, 0) is 9.59 Å². The van der Waals surface area contributed by atoms with Crippen molar-refractivity contribution in [1.82, 2.24) is 4.90 Å². The molecule has 1 amide bonds. The number of amides is 1. The number of rotatable bonds is 5. The zero-order valence-corrected chi connectivity index (χ0v) is 15.4. The number of nitrogens with zero attached hydrogens (tertiary/aromatic N) is 1. The van der Waals surface area contributed by atoms with Gasteiger partial charge in [0.1, 0.15) is 5.75 Å². The van der Waals surface area contributed by atoms with Crippen molar-refractivity contribution in [3.05, 3.63) is 78.0 Å². The Hall–Kier alpha value is -2.86. The first-order valence-corrected chi connectivity index (χ1v) is 9.53. The van der Waals surface area contributed by atoms with Crippen LogP contribution in [0.25, 0.3) is 0 Å². The van der Waals surface area contributed by atoms with Gasteiger partial charge in [-0.05, 0) is 19.1 Å². The molecule has 0 radical (unpaired) electrons. The maximum Gasteiger partial charge on any atom is 0.273 e. The first-order valence-electron chi connectivity index (χ1n) is 8.54. The minimum absolute atomic E-state index is 0.108. The standard InChI is InChI=1S/C21H17NO4S/c1-14(23)16-12-22-20(25)19(26-17-10-6-3-7-11-17)21(22,27-13-16)18(24)15-8-4-2-5-9-15/h2-12,19H,13H2,1H3. The van der Waals surface area contributed by atoms with Gasteiger partial charge in [-0.25, -0.2) is 0 Å². The molecule has 27 heavy (non-hydrogen) atoms. The molecule has 2 aromatic carbocycles. The van der Waals surface area contributed by atoms with E-state index < -0.39 is 11.0 Å². The first-order chi connectivity index (χ1) is 13.0. The lowest BCUT2D eigenvalue weighted by atomic mass is 9.88. The smallest absolute Gasteiger partial charge is 0.273 e. The molecule has 2 aromatic rings. The fraction of sp³-hybridized carbons (Fsp3) is 0.190. The maximum atomic E-state index is 13.4. The number of hydrogen-bond donors (Lipinski definition) is 0. The van der Waals surface area contributed by atoms with E-state index in [1.165, 1.54) is 29.8 Å². The van der Waals surface area contributed by atoms with Crippen molar-refractivity contribution in [3.8, 4) is 5.75 Å². The minimum atomic E-state index is -1.20. The van der Waals surface area contributed by atoms with Crippen LogP contribution in [0.2, 0.25) is 0 Å². The number of benzene rings is 2. The van der Waals surface area contributed by atoms with Crippen LogP contribution in [0, 0.1) is 0 Å². The average Bonchev–Trinajstić information content (AvgIpc) is 2.71. The van der Waals surface area contributed by atoms with Crippen LogP contribution in [0.15, 0.2) is 72.4 Å². The summed E-state index contributed by atoms with van der Waals surface area (Å²) in [6, 6.07) is 17.8. The van der Waals surface area contributed by atoms with Crippen molar-refractivity contribution in [2.45, 2.75) is 17.9 Å². The summed E-state index contributed by atoms with van der Waals surface area (Å²) in [5, 5.41) is 0. The van der Waals surface area contributed by atoms with E-state index in [-0.39, 0.29) is 17.5 Å². The highest BCUT2D eigenvalue weighted by molar-refractivity contribution is 8.01. The molecule has 0 saturated carbocycles. The highest BCUT2D eigenvalue weighted by atomic mass is 32.2. The van der Waals surface area contributed by atoms with Gasteiger partial charge in [-0.1, -0.05) is 48.5 Å². The summed E-state index contributed by atoms with van der Waals surface area (Å²) in [7, 11) is 0. The number of β-lactam (4-membered cyclic amide) rings is 1. The zero-order chi connectivity index (χ0) is 19.0.